The molecule has 94 valence electrons. The van der Waals surface area contributed by atoms with E-state index < -0.39 is 11.4 Å². The third-order valence-corrected chi connectivity index (χ3v) is 4.04. The van der Waals surface area contributed by atoms with Crippen LogP contribution in [0.25, 0.3) is 0 Å². The summed E-state index contributed by atoms with van der Waals surface area (Å²) in [4.78, 5) is 14.8. The summed E-state index contributed by atoms with van der Waals surface area (Å²) >= 11 is 1.74. The van der Waals surface area contributed by atoms with Crippen LogP contribution in [-0.4, -0.2) is 28.6 Å². The average molecular weight is 253 g/mol. The molecule has 0 aromatic carbocycles. The maximum Gasteiger partial charge on any atom is 0.310 e. The first kappa shape index (κ1) is 12.6. The summed E-state index contributed by atoms with van der Waals surface area (Å²) in [5, 5.41) is 11.3. The van der Waals surface area contributed by atoms with Crippen LogP contribution in [0.4, 0.5) is 0 Å². The fourth-order valence-electron chi connectivity index (χ4n) is 1.93. The van der Waals surface area contributed by atoms with Crippen molar-refractivity contribution < 1.29 is 9.90 Å². The SMILES string of the molecule is CC(C)(CN(Cc1cccs1)C1CC1)C(=O)O. The van der Waals surface area contributed by atoms with Crippen molar-refractivity contribution in [1.29, 1.82) is 0 Å². The van der Waals surface area contributed by atoms with Crippen LogP contribution in [0.15, 0.2) is 17.5 Å². The number of carboxylic acids is 1. The molecule has 1 aliphatic carbocycles. The fraction of sp³-hybridized carbons (Fsp3) is 0.615. The first-order valence-electron chi connectivity index (χ1n) is 5.99. The number of hydrogen-bond acceptors (Lipinski definition) is 3. The molecule has 0 radical (unpaired) electrons. The second-order valence-electron chi connectivity index (χ2n) is 5.40. The average Bonchev–Trinajstić information content (AvgIpc) is 2.97. The molecule has 0 aliphatic heterocycles. The van der Waals surface area contributed by atoms with Gasteiger partial charge in [0.1, 0.15) is 0 Å². The van der Waals surface area contributed by atoms with Gasteiger partial charge in [0.2, 0.25) is 0 Å². The Balaban J connectivity index is 2.00. The van der Waals surface area contributed by atoms with Gasteiger partial charge in [-0.25, -0.2) is 0 Å². The predicted molar refractivity (Wildman–Crippen MR) is 69.2 cm³/mol. The van der Waals surface area contributed by atoms with Gasteiger partial charge in [-0.05, 0) is 38.1 Å². The van der Waals surface area contributed by atoms with Crippen LogP contribution in [0.5, 0.6) is 0 Å². The molecule has 0 unspecified atom stereocenters. The largest absolute Gasteiger partial charge is 0.481 e. The summed E-state index contributed by atoms with van der Waals surface area (Å²) in [7, 11) is 0. The number of hydrogen-bond donors (Lipinski definition) is 1. The Hall–Kier alpha value is -0.870. The molecule has 1 aromatic rings. The smallest absolute Gasteiger partial charge is 0.310 e. The lowest BCUT2D eigenvalue weighted by atomic mass is 9.93. The Morgan fingerprint density at radius 2 is 2.29 bits per heavy atom. The lowest BCUT2D eigenvalue weighted by Crippen LogP contribution is -2.39. The normalized spacial score (nSPS) is 16.4. The van der Waals surface area contributed by atoms with Crippen LogP contribution in [0, 0.1) is 5.41 Å². The minimum atomic E-state index is -0.714. The van der Waals surface area contributed by atoms with E-state index in [9.17, 15) is 9.90 Å². The Bertz CT molecular complexity index is 382. The Labute approximate surface area is 106 Å². The number of rotatable bonds is 6. The molecule has 0 amide bonds. The highest BCUT2D eigenvalue weighted by Crippen LogP contribution is 2.32. The van der Waals surface area contributed by atoms with Gasteiger partial charge >= 0.3 is 5.97 Å². The highest BCUT2D eigenvalue weighted by atomic mass is 32.1. The van der Waals surface area contributed by atoms with Crippen molar-refractivity contribution in [3.8, 4) is 0 Å². The zero-order chi connectivity index (χ0) is 12.5. The predicted octanol–water partition coefficient (Wildman–Crippen LogP) is 2.82. The van der Waals surface area contributed by atoms with E-state index in [2.05, 4.69) is 16.3 Å². The molecule has 0 saturated heterocycles. The van der Waals surface area contributed by atoms with Crippen molar-refractivity contribution in [3.63, 3.8) is 0 Å². The first-order chi connectivity index (χ1) is 7.99. The number of nitrogens with zero attached hydrogens (tertiary/aromatic N) is 1. The van der Waals surface area contributed by atoms with E-state index in [1.165, 1.54) is 17.7 Å². The van der Waals surface area contributed by atoms with E-state index in [-0.39, 0.29) is 0 Å². The quantitative estimate of drug-likeness (QED) is 0.847. The molecule has 0 bridgehead atoms. The molecule has 0 spiro atoms. The summed E-state index contributed by atoms with van der Waals surface area (Å²) < 4.78 is 0. The molecule has 1 heterocycles. The lowest BCUT2D eigenvalue weighted by molar-refractivity contribution is -0.148. The van der Waals surface area contributed by atoms with Crippen molar-refractivity contribution in [2.24, 2.45) is 5.41 Å². The van der Waals surface area contributed by atoms with Gasteiger partial charge in [-0.2, -0.15) is 0 Å². The molecule has 2 rings (SSSR count). The lowest BCUT2D eigenvalue weighted by Gasteiger charge is -2.29. The Morgan fingerprint density at radius 3 is 2.76 bits per heavy atom. The van der Waals surface area contributed by atoms with Gasteiger partial charge in [0.05, 0.1) is 5.41 Å². The summed E-state index contributed by atoms with van der Waals surface area (Å²) in [5.74, 6) is -0.714. The van der Waals surface area contributed by atoms with Crippen LogP contribution < -0.4 is 0 Å². The van der Waals surface area contributed by atoms with Gasteiger partial charge in [-0.3, -0.25) is 9.69 Å². The fourth-order valence-corrected chi connectivity index (χ4v) is 2.66. The van der Waals surface area contributed by atoms with E-state index in [0.29, 0.717) is 12.6 Å². The molecular formula is C13H19NO2S. The van der Waals surface area contributed by atoms with Crippen LogP contribution in [0.2, 0.25) is 0 Å². The molecule has 0 atom stereocenters. The second kappa shape index (κ2) is 4.78. The first-order valence-corrected chi connectivity index (χ1v) is 6.87. The molecule has 1 saturated carbocycles. The van der Waals surface area contributed by atoms with Crippen molar-refractivity contribution in [1.82, 2.24) is 4.90 Å². The van der Waals surface area contributed by atoms with Crippen molar-refractivity contribution in [2.45, 2.75) is 39.3 Å². The van der Waals surface area contributed by atoms with E-state index in [1.807, 2.05) is 6.07 Å². The van der Waals surface area contributed by atoms with Gasteiger partial charge in [0.15, 0.2) is 0 Å². The van der Waals surface area contributed by atoms with Crippen molar-refractivity contribution in [2.75, 3.05) is 6.54 Å². The standard InChI is InChI=1S/C13H19NO2S/c1-13(2,12(15)16)9-14(10-5-6-10)8-11-4-3-7-17-11/h3-4,7,10H,5-6,8-9H2,1-2H3,(H,15,16). The summed E-state index contributed by atoms with van der Waals surface area (Å²) in [5.41, 5.74) is -0.667. The Kier molecular flexibility index (Phi) is 3.54. The third-order valence-electron chi connectivity index (χ3n) is 3.18. The van der Waals surface area contributed by atoms with E-state index in [0.717, 1.165) is 6.54 Å². The van der Waals surface area contributed by atoms with E-state index in [1.54, 1.807) is 25.2 Å². The van der Waals surface area contributed by atoms with Gasteiger partial charge in [0, 0.05) is 24.0 Å². The molecular weight excluding hydrogens is 234 g/mol. The van der Waals surface area contributed by atoms with Crippen LogP contribution in [-0.2, 0) is 11.3 Å². The Morgan fingerprint density at radius 1 is 1.59 bits per heavy atom. The third kappa shape index (κ3) is 3.30. The highest BCUT2D eigenvalue weighted by molar-refractivity contribution is 7.09. The monoisotopic (exact) mass is 253 g/mol. The molecule has 3 nitrogen and oxygen atoms in total. The van der Waals surface area contributed by atoms with Gasteiger partial charge < -0.3 is 5.11 Å². The number of carboxylic acid groups (broad SMARTS) is 1. The van der Waals surface area contributed by atoms with E-state index in [4.69, 9.17) is 0 Å². The second-order valence-corrected chi connectivity index (χ2v) is 6.44. The van der Waals surface area contributed by atoms with Crippen LogP contribution in [0.3, 0.4) is 0 Å². The molecule has 1 fully saturated rings. The molecule has 4 heteroatoms. The molecule has 1 aliphatic rings. The van der Waals surface area contributed by atoms with Crippen molar-refractivity contribution in [3.05, 3.63) is 22.4 Å². The number of thiophene rings is 1. The van der Waals surface area contributed by atoms with Gasteiger partial charge in [-0.1, -0.05) is 6.07 Å². The summed E-state index contributed by atoms with van der Waals surface area (Å²) in [6.45, 7) is 5.13. The maximum absolute atomic E-state index is 11.2. The summed E-state index contributed by atoms with van der Waals surface area (Å²) in [6.07, 6.45) is 2.42. The molecule has 1 N–H and O–H groups in total. The van der Waals surface area contributed by atoms with Crippen molar-refractivity contribution >= 4 is 17.3 Å². The zero-order valence-electron chi connectivity index (χ0n) is 10.3. The van der Waals surface area contributed by atoms with E-state index >= 15 is 0 Å². The summed E-state index contributed by atoms with van der Waals surface area (Å²) in [6, 6.07) is 4.76. The number of aliphatic carboxylic acids is 1. The minimum absolute atomic E-state index is 0.593. The topological polar surface area (TPSA) is 40.5 Å². The molecule has 1 aromatic heterocycles. The minimum Gasteiger partial charge on any atom is -0.481 e. The van der Waals surface area contributed by atoms with Crippen LogP contribution >= 0.6 is 11.3 Å². The molecule has 17 heavy (non-hydrogen) atoms. The van der Waals surface area contributed by atoms with Gasteiger partial charge in [-0.15, -0.1) is 11.3 Å². The van der Waals surface area contributed by atoms with Gasteiger partial charge in [0.25, 0.3) is 0 Å². The zero-order valence-corrected chi connectivity index (χ0v) is 11.2. The maximum atomic E-state index is 11.2. The highest BCUT2D eigenvalue weighted by Gasteiger charge is 2.36. The number of carbonyl (C=O) groups is 1. The van der Waals surface area contributed by atoms with Crippen LogP contribution in [0.1, 0.15) is 31.6 Å².